The molecular formula is C17H22BrNOS. The van der Waals surface area contributed by atoms with Crippen LogP contribution in [-0.4, -0.2) is 24.2 Å². The van der Waals surface area contributed by atoms with Crippen molar-refractivity contribution in [1.82, 2.24) is 5.32 Å². The second kappa shape index (κ2) is 8.73. The molecule has 2 nitrogen and oxygen atoms in total. The Morgan fingerprint density at radius 1 is 1.43 bits per heavy atom. The molecule has 0 radical (unpaired) electrons. The van der Waals surface area contributed by atoms with Gasteiger partial charge in [-0.2, -0.15) is 11.8 Å². The third-order valence-electron chi connectivity index (χ3n) is 3.89. The van der Waals surface area contributed by atoms with Gasteiger partial charge in [0.25, 0.3) is 0 Å². The van der Waals surface area contributed by atoms with Gasteiger partial charge < -0.3 is 10.1 Å². The van der Waals surface area contributed by atoms with Gasteiger partial charge in [0.05, 0.1) is 0 Å². The van der Waals surface area contributed by atoms with Gasteiger partial charge in [0, 0.05) is 27.9 Å². The van der Waals surface area contributed by atoms with Crippen molar-refractivity contribution in [1.29, 1.82) is 0 Å². The molecule has 0 saturated heterocycles. The second-order valence-electron chi connectivity index (χ2n) is 5.29. The first-order valence-corrected chi connectivity index (χ1v) is 9.43. The van der Waals surface area contributed by atoms with E-state index in [9.17, 15) is 0 Å². The van der Waals surface area contributed by atoms with Crippen LogP contribution in [0.5, 0.6) is 5.75 Å². The maximum Gasteiger partial charge on any atom is 0.148 e. The van der Waals surface area contributed by atoms with Crippen LogP contribution in [0.3, 0.4) is 0 Å². The first-order chi connectivity index (χ1) is 10.2. The van der Waals surface area contributed by atoms with E-state index in [2.05, 4.69) is 39.5 Å². The predicted molar refractivity (Wildman–Crippen MR) is 94.9 cm³/mol. The average Bonchev–Trinajstić information content (AvgIpc) is 2.52. The number of halogens is 1. The molecule has 0 aromatic heterocycles. The maximum atomic E-state index is 5.63. The summed E-state index contributed by atoms with van der Waals surface area (Å²) in [6.45, 7) is 1.13. The largest absolute Gasteiger partial charge is 0.481 e. The van der Waals surface area contributed by atoms with Crippen molar-refractivity contribution in [3.8, 4) is 18.1 Å². The number of nitrogens with one attached hydrogen (secondary N) is 1. The minimum atomic E-state index is 0.311. The van der Waals surface area contributed by atoms with Gasteiger partial charge in [0.15, 0.2) is 0 Å². The Morgan fingerprint density at radius 2 is 2.24 bits per heavy atom. The monoisotopic (exact) mass is 367 g/mol. The summed E-state index contributed by atoms with van der Waals surface area (Å²) >= 11 is 5.51. The smallest absolute Gasteiger partial charge is 0.148 e. The van der Waals surface area contributed by atoms with Gasteiger partial charge in [-0.1, -0.05) is 34.7 Å². The van der Waals surface area contributed by atoms with Crippen molar-refractivity contribution >= 4 is 27.7 Å². The van der Waals surface area contributed by atoms with Crippen LogP contribution in [0.1, 0.15) is 31.2 Å². The molecule has 0 bridgehead atoms. The Kier molecular flexibility index (Phi) is 6.95. The molecule has 2 rings (SSSR count). The Balaban J connectivity index is 2.01. The highest BCUT2D eigenvalue weighted by Crippen LogP contribution is 2.28. The van der Waals surface area contributed by atoms with E-state index in [0.717, 1.165) is 27.6 Å². The number of terminal acetylenes is 1. The lowest BCUT2D eigenvalue weighted by molar-refractivity contribution is 0.355. The molecule has 114 valence electrons. The number of thioether (sulfide) groups is 1. The molecule has 1 aliphatic rings. The third kappa shape index (κ3) is 4.95. The summed E-state index contributed by atoms with van der Waals surface area (Å²) in [5.74, 6) is 3.40. The zero-order valence-electron chi connectivity index (χ0n) is 12.4. The quantitative estimate of drug-likeness (QED) is 0.760. The highest BCUT2D eigenvalue weighted by Gasteiger charge is 2.23. The van der Waals surface area contributed by atoms with Gasteiger partial charge >= 0.3 is 0 Å². The molecule has 1 saturated carbocycles. The lowest BCUT2D eigenvalue weighted by Crippen LogP contribution is -2.40. The van der Waals surface area contributed by atoms with Crippen molar-refractivity contribution in [2.75, 3.05) is 12.9 Å². The molecule has 1 aromatic carbocycles. The molecule has 2 unspecified atom stereocenters. The minimum Gasteiger partial charge on any atom is -0.481 e. The predicted octanol–water partition coefficient (Wildman–Crippen LogP) is 4.22. The van der Waals surface area contributed by atoms with Crippen molar-refractivity contribution < 1.29 is 4.74 Å². The fraction of sp³-hybridized carbons (Fsp3) is 0.529. The van der Waals surface area contributed by atoms with Crippen LogP contribution in [0.15, 0.2) is 22.7 Å². The number of ether oxygens (including phenoxy) is 1. The first kappa shape index (κ1) is 16.7. The Morgan fingerprint density at radius 3 is 3.00 bits per heavy atom. The molecule has 4 heteroatoms. The molecule has 0 spiro atoms. The Hall–Kier alpha value is -0.630. The zero-order valence-corrected chi connectivity index (χ0v) is 14.8. The maximum absolute atomic E-state index is 5.63. The molecule has 0 amide bonds. The second-order valence-corrected chi connectivity index (χ2v) is 7.28. The Bertz CT molecular complexity index is 500. The van der Waals surface area contributed by atoms with Gasteiger partial charge in [0.2, 0.25) is 0 Å². The summed E-state index contributed by atoms with van der Waals surface area (Å²) < 4.78 is 6.70. The number of benzene rings is 1. The molecule has 1 fully saturated rings. The summed E-state index contributed by atoms with van der Waals surface area (Å²) in [5, 5.41) is 4.43. The van der Waals surface area contributed by atoms with Crippen LogP contribution < -0.4 is 10.1 Å². The number of hydrogen-bond acceptors (Lipinski definition) is 3. The Labute approximate surface area is 140 Å². The normalized spacial score (nSPS) is 21.8. The van der Waals surface area contributed by atoms with Gasteiger partial charge in [-0.3, -0.25) is 0 Å². The van der Waals surface area contributed by atoms with Crippen molar-refractivity contribution in [3.05, 3.63) is 28.2 Å². The van der Waals surface area contributed by atoms with Gasteiger partial charge in [-0.25, -0.2) is 0 Å². The SMILES string of the molecule is C#CCOc1ccc(Br)cc1CNC1CCCCC1SC. The zero-order chi connectivity index (χ0) is 15.1. The highest BCUT2D eigenvalue weighted by atomic mass is 79.9. The summed E-state index contributed by atoms with van der Waals surface area (Å²) in [4.78, 5) is 0. The fourth-order valence-electron chi connectivity index (χ4n) is 2.80. The minimum absolute atomic E-state index is 0.311. The van der Waals surface area contributed by atoms with E-state index in [-0.39, 0.29) is 0 Å². The lowest BCUT2D eigenvalue weighted by Gasteiger charge is -2.31. The topological polar surface area (TPSA) is 21.3 Å². The van der Waals surface area contributed by atoms with Crippen molar-refractivity contribution in [2.45, 2.75) is 43.5 Å². The van der Waals surface area contributed by atoms with Crippen LogP contribution in [-0.2, 0) is 6.54 Å². The van der Waals surface area contributed by atoms with E-state index in [0.29, 0.717) is 12.6 Å². The van der Waals surface area contributed by atoms with E-state index >= 15 is 0 Å². The first-order valence-electron chi connectivity index (χ1n) is 7.35. The van der Waals surface area contributed by atoms with Crippen molar-refractivity contribution in [2.24, 2.45) is 0 Å². The van der Waals surface area contributed by atoms with E-state index in [1.54, 1.807) is 0 Å². The highest BCUT2D eigenvalue weighted by molar-refractivity contribution is 9.10. The molecule has 0 aliphatic heterocycles. The standard InChI is InChI=1S/C17H22BrNOS/c1-3-10-20-16-9-8-14(18)11-13(16)12-19-15-6-4-5-7-17(15)21-2/h1,8-9,11,15,17,19H,4-7,10,12H2,2H3. The number of hydrogen-bond donors (Lipinski definition) is 1. The van der Waals surface area contributed by atoms with Crippen LogP contribution in [0.2, 0.25) is 0 Å². The van der Waals surface area contributed by atoms with Crippen molar-refractivity contribution in [3.63, 3.8) is 0 Å². The molecule has 1 aromatic rings. The van der Waals surface area contributed by atoms with Gasteiger partial charge in [-0.05, 0) is 37.3 Å². The molecule has 1 N–H and O–H groups in total. The van der Waals surface area contributed by atoms with Gasteiger partial charge in [0.1, 0.15) is 12.4 Å². The fourth-order valence-corrected chi connectivity index (χ4v) is 4.17. The average molecular weight is 368 g/mol. The summed E-state index contributed by atoms with van der Waals surface area (Å²) in [6.07, 6.45) is 12.8. The van der Waals surface area contributed by atoms with Gasteiger partial charge in [-0.15, -0.1) is 6.42 Å². The summed E-state index contributed by atoms with van der Waals surface area (Å²) in [5.41, 5.74) is 1.16. The molecule has 0 heterocycles. The summed E-state index contributed by atoms with van der Waals surface area (Å²) in [6, 6.07) is 6.66. The summed E-state index contributed by atoms with van der Waals surface area (Å²) in [7, 11) is 0. The van der Waals surface area contributed by atoms with Crippen LogP contribution in [0.25, 0.3) is 0 Å². The lowest BCUT2D eigenvalue weighted by atomic mass is 9.94. The van der Waals surface area contributed by atoms with E-state index < -0.39 is 0 Å². The van der Waals surface area contributed by atoms with Crippen LogP contribution in [0, 0.1) is 12.3 Å². The van der Waals surface area contributed by atoms with E-state index in [1.807, 2.05) is 23.9 Å². The van der Waals surface area contributed by atoms with E-state index in [1.165, 1.54) is 25.7 Å². The molecule has 2 atom stereocenters. The number of rotatable bonds is 6. The van der Waals surface area contributed by atoms with Crippen LogP contribution >= 0.6 is 27.7 Å². The van der Waals surface area contributed by atoms with E-state index in [4.69, 9.17) is 11.2 Å². The third-order valence-corrected chi connectivity index (χ3v) is 5.56. The molecule has 1 aliphatic carbocycles. The molecular weight excluding hydrogens is 346 g/mol. The van der Waals surface area contributed by atoms with Crippen LogP contribution in [0.4, 0.5) is 0 Å². The molecule has 21 heavy (non-hydrogen) atoms.